The maximum atomic E-state index is 11.7. The van der Waals surface area contributed by atoms with Crippen LogP contribution in [0.15, 0.2) is 22.8 Å². The van der Waals surface area contributed by atoms with E-state index in [4.69, 9.17) is 4.42 Å². The van der Waals surface area contributed by atoms with Crippen molar-refractivity contribution in [1.82, 2.24) is 9.62 Å². The van der Waals surface area contributed by atoms with Crippen molar-refractivity contribution in [2.24, 2.45) is 0 Å². The number of hydrogen-bond donors (Lipinski definition) is 1. The highest BCUT2D eigenvalue weighted by molar-refractivity contribution is 7.88. The van der Waals surface area contributed by atoms with Crippen LogP contribution in [0.2, 0.25) is 0 Å². The second kappa shape index (κ2) is 5.11. The van der Waals surface area contributed by atoms with Crippen molar-refractivity contribution < 1.29 is 17.6 Å². The summed E-state index contributed by atoms with van der Waals surface area (Å²) in [6.07, 6.45) is 3.90. The Labute approximate surface area is 106 Å². The summed E-state index contributed by atoms with van der Waals surface area (Å²) in [6, 6.07) is 3.25. The van der Waals surface area contributed by atoms with Crippen LogP contribution < -0.4 is 5.32 Å². The van der Waals surface area contributed by atoms with Gasteiger partial charge in [-0.2, -0.15) is 0 Å². The number of rotatable bonds is 3. The zero-order chi connectivity index (χ0) is 13.2. The van der Waals surface area contributed by atoms with Gasteiger partial charge in [0.25, 0.3) is 5.91 Å². The van der Waals surface area contributed by atoms with Gasteiger partial charge in [0.15, 0.2) is 5.76 Å². The molecule has 6 nitrogen and oxygen atoms in total. The monoisotopic (exact) mass is 272 g/mol. The lowest BCUT2D eigenvalue weighted by Gasteiger charge is -2.30. The van der Waals surface area contributed by atoms with Gasteiger partial charge < -0.3 is 9.73 Å². The summed E-state index contributed by atoms with van der Waals surface area (Å²) < 4.78 is 29.1. The number of hydrogen-bond acceptors (Lipinski definition) is 4. The van der Waals surface area contributed by atoms with Gasteiger partial charge in [-0.15, -0.1) is 0 Å². The molecule has 7 heteroatoms. The molecule has 1 aromatic rings. The maximum Gasteiger partial charge on any atom is 0.287 e. The topological polar surface area (TPSA) is 79.6 Å². The number of furan rings is 1. The second-order valence-electron chi connectivity index (χ2n) is 4.39. The molecule has 0 spiro atoms. The van der Waals surface area contributed by atoms with E-state index >= 15 is 0 Å². The Kier molecular flexibility index (Phi) is 3.72. The molecule has 1 aromatic heterocycles. The molecule has 0 aliphatic carbocycles. The predicted octanol–water partition coefficient (Wildman–Crippen LogP) is 0.433. The molecule has 2 heterocycles. The SMILES string of the molecule is CS(=O)(=O)N1CCC(NC(=O)c2ccco2)CC1. The molecule has 0 atom stereocenters. The lowest BCUT2D eigenvalue weighted by Crippen LogP contribution is -2.46. The summed E-state index contributed by atoms with van der Waals surface area (Å²) in [7, 11) is -3.12. The molecule has 1 amide bonds. The summed E-state index contributed by atoms with van der Waals surface area (Å²) in [4.78, 5) is 11.7. The molecule has 0 aromatic carbocycles. The van der Waals surface area contributed by atoms with Gasteiger partial charge in [-0.25, -0.2) is 12.7 Å². The standard InChI is InChI=1S/C11H16N2O4S/c1-18(15,16)13-6-4-9(5-7-13)12-11(14)10-3-2-8-17-10/h2-3,8-9H,4-7H2,1H3,(H,12,14). The molecule has 100 valence electrons. The van der Waals surface area contributed by atoms with Crippen LogP contribution in [0, 0.1) is 0 Å². The molecule has 0 bridgehead atoms. The van der Waals surface area contributed by atoms with Gasteiger partial charge in [0.2, 0.25) is 10.0 Å². The largest absolute Gasteiger partial charge is 0.459 e. The average Bonchev–Trinajstić information content (AvgIpc) is 2.82. The lowest BCUT2D eigenvalue weighted by molar-refractivity contribution is 0.0896. The predicted molar refractivity (Wildman–Crippen MR) is 65.6 cm³/mol. The van der Waals surface area contributed by atoms with E-state index in [2.05, 4.69) is 5.32 Å². The summed E-state index contributed by atoms with van der Waals surface area (Å²) in [5, 5.41) is 2.84. The van der Waals surface area contributed by atoms with Gasteiger partial charge in [0, 0.05) is 19.1 Å². The van der Waals surface area contributed by atoms with Crippen LogP contribution in [0.5, 0.6) is 0 Å². The third kappa shape index (κ3) is 3.11. The van der Waals surface area contributed by atoms with Gasteiger partial charge in [-0.3, -0.25) is 4.79 Å². The van der Waals surface area contributed by atoms with E-state index in [1.54, 1.807) is 12.1 Å². The van der Waals surface area contributed by atoms with Crippen molar-refractivity contribution in [3.63, 3.8) is 0 Å². The van der Waals surface area contributed by atoms with E-state index in [1.165, 1.54) is 16.8 Å². The van der Waals surface area contributed by atoms with E-state index < -0.39 is 10.0 Å². The Bertz CT molecular complexity index is 501. The Balaban J connectivity index is 1.86. The van der Waals surface area contributed by atoms with Crippen LogP contribution in [0.1, 0.15) is 23.4 Å². The Morgan fingerprint density at radius 1 is 1.44 bits per heavy atom. The third-order valence-corrected chi connectivity index (χ3v) is 4.31. The summed E-state index contributed by atoms with van der Waals surface area (Å²) in [5.74, 6) is 0.0262. The Hall–Kier alpha value is -1.34. The average molecular weight is 272 g/mol. The molecule has 1 saturated heterocycles. The molecular weight excluding hydrogens is 256 g/mol. The first kappa shape index (κ1) is 13.1. The molecule has 1 fully saturated rings. The molecule has 1 aliphatic rings. The highest BCUT2D eigenvalue weighted by atomic mass is 32.2. The number of nitrogens with one attached hydrogen (secondary N) is 1. The first-order valence-electron chi connectivity index (χ1n) is 5.76. The van der Waals surface area contributed by atoms with Crippen LogP contribution in [0.3, 0.4) is 0 Å². The first-order valence-corrected chi connectivity index (χ1v) is 7.61. The van der Waals surface area contributed by atoms with E-state index in [1.807, 2.05) is 0 Å². The minimum absolute atomic E-state index is 0.000556. The fraction of sp³-hybridized carbons (Fsp3) is 0.545. The summed E-state index contributed by atoms with van der Waals surface area (Å²) >= 11 is 0. The molecule has 0 radical (unpaired) electrons. The highest BCUT2D eigenvalue weighted by Gasteiger charge is 2.26. The Morgan fingerprint density at radius 3 is 2.61 bits per heavy atom. The molecule has 18 heavy (non-hydrogen) atoms. The van der Waals surface area contributed by atoms with Crippen LogP contribution in [-0.2, 0) is 10.0 Å². The number of amides is 1. The number of carbonyl (C=O) groups excluding carboxylic acids is 1. The highest BCUT2D eigenvalue weighted by Crippen LogP contribution is 2.13. The second-order valence-corrected chi connectivity index (χ2v) is 6.37. The normalized spacial score (nSPS) is 18.7. The molecule has 2 rings (SSSR count). The third-order valence-electron chi connectivity index (χ3n) is 3.00. The van der Waals surface area contributed by atoms with E-state index in [0.717, 1.165) is 0 Å². The quantitative estimate of drug-likeness (QED) is 0.865. The van der Waals surface area contributed by atoms with E-state index in [-0.39, 0.29) is 17.7 Å². The molecule has 0 unspecified atom stereocenters. The van der Waals surface area contributed by atoms with Crippen LogP contribution >= 0.6 is 0 Å². The van der Waals surface area contributed by atoms with Gasteiger partial charge >= 0.3 is 0 Å². The first-order chi connectivity index (χ1) is 8.47. The van der Waals surface area contributed by atoms with Crippen LogP contribution in [0.4, 0.5) is 0 Å². The minimum atomic E-state index is -3.12. The van der Waals surface area contributed by atoms with Crippen molar-refractivity contribution in [3.05, 3.63) is 24.2 Å². The molecular formula is C11H16N2O4S. The van der Waals surface area contributed by atoms with E-state index in [0.29, 0.717) is 25.9 Å². The van der Waals surface area contributed by atoms with E-state index in [9.17, 15) is 13.2 Å². The van der Waals surface area contributed by atoms with Gasteiger partial charge in [0.1, 0.15) is 0 Å². The van der Waals surface area contributed by atoms with Crippen molar-refractivity contribution in [2.75, 3.05) is 19.3 Å². The smallest absolute Gasteiger partial charge is 0.287 e. The van der Waals surface area contributed by atoms with Crippen LogP contribution in [0.25, 0.3) is 0 Å². The number of carbonyl (C=O) groups is 1. The van der Waals surface area contributed by atoms with Gasteiger partial charge in [-0.05, 0) is 25.0 Å². The molecule has 1 aliphatic heterocycles. The van der Waals surface area contributed by atoms with Crippen molar-refractivity contribution in [3.8, 4) is 0 Å². The maximum absolute atomic E-state index is 11.7. The van der Waals surface area contributed by atoms with Crippen molar-refractivity contribution in [2.45, 2.75) is 18.9 Å². The molecule has 0 saturated carbocycles. The van der Waals surface area contributed by atoms with Crippen molar-refractivity contribution >= 4 is 15.9 Å². The number of sulfonamides is 1. The van der Waals surface area contributed by atoms with Crippen molar-refractivity contribution in [1.29, 1.82) is 0 Å². The number of nitrogens with zero attached hydrogens (tertiary/aromatic N) is 1. The zero-order valence-electron chi connectivity index (χ0n) is 10.1. The fourth-order valence-electron chi connectivity index (χ4n) is 2.00. The van der Waals surface area contributed by atoms with Crippen LogP contribution in [-0.4, -0.2) is 44.0 Å². The summed E-state index contributed by atoms with van der Waals surface area (Å²) in [6.45, 7) is 0.893. The van der Waals surface area contributed by atoms with Gasteiger partial charge in [0.05, 0.1) is 12.5 Å². The zero-order valence-corrected chi connectivity index (χ0v) is 10.9. The minimum Gasteiger partial charge on any atom is -0.459 e. The van der Waals surface area contributed by atoms with Gasteiger partial charge in [-0.1, -0.05) is 0 Å². The lowest BCUT2D eigenvalue weighted by atomic mass is 10.1. The summed E-state index contributed by atoms with van der Waals surface area (Å²) in [5.41, 5.74) is 0. The molecule has 1 N–H and O–H groups in total. The number of piperidine rings is 1. The Morgan fingerprint density at radius 2 is 2.11 bits per heavy atom. The fourth-order valence-corrected chi connectivity index (χ4v) is 2.87.